The van der Waals surface area contributed by atoms with Gasteiger partial charge < -0.3 is 24.7 Å². The minimum Gasteiger partial charge on any atom is -0.454 e. The Kier molecular flexibility index (Phi) is 4.40. The van der Waals surface area contributed by atoms with Crippen molar-refractivity contribution in [3.05, 3.63) is 84.1 Å². The van der Waals surface area contributed by atoms with Gasteiger partial charge in [-0.3, -0.25) is 9.59 Å². The second-order valence-corrected chi connectivity index (χ2v) is 7.90. The maximum absolute atomic E-state index is 12.8. The zero-order valence-corrected chi connectivity index (χ0v) is 17.5. The fraction of sp³-hybridized carbons (Fsp3) is 0.0769. The van der Waals surface area contributed by atoms with Gasteiger partial charge in [-0.1, -0.05) is 36.4 Å². The summed E-state index contributed by atoms with van der Waals surface area (Å²) in [6.07, 6.45) is 3.79. The summed E-state index contributed by atoms with van der Waals surface area (Å²) in [5, 5.41) is 6.79. The molecule has 2 N–H and O–H groups in total. The molecule has 6 rings (SSSR count). The maximum Gasteiger partial charge on any atom is 0.256 e. The largest absolute Gasteiger partial charge is 0.454 e. The number of fused-ring (bicyclic) bond motifs is 3. The van der Waals surface area contributed by atoms with E-state index in [0.29, 0.717) is 22.8 Å². The molecule has 2 aliphatic rings. The van der Waals surface area contributed by atoms with Crippen molar-refractivity contribution in [2.24, 2.45) is 0 Å². The normalized spacial score (nSPS) is 15.0. The highest BCUT2D eigenvalue weighted by atomic mass is 16.7. The van der Waals surface area contributed by atoms with Crippen LogP contribution in [0.3, 0.4) is 0 Å². The molecule has 0 saturated carbocycles. The molecule has 4 aromatic rings. The lowest BCUT2D eigenvalue weighted by Crippen LogP contribution is -2.18. The van der Waals surface area contributed by atoms with E-state index in [0.717, 1.165) is 27.7 Å². The van der Waals surface area contributed by atoms with Crippen molar-refractivity contribution in [3.8, 4) is 11.5 Å². The third kappa shape index (κ3) is 3.40. The van der Waals surface area contributed by atoms with Crippen LogP contribution >= 0.6 is 0 Å². The van der Waals surface area contributed by atoms with Crippen molar-refractivity contribution >= 4 is 45.7 Å². The average Bonchev–Trinajstić information content (AvgIpc) is 3.50. The summed E-state index contributed by atoms with van der Waals surface area (Å²) < 4.78 is 12.6. The summed E-state index contributed by atoms with van der Waals surface area (Å²) in [5.41, 5.74) is 4.72. The molecule has 0 unspecified atom stereocenters. The molecular weight excluding hydrogens is 418 g/mol. The third-order valence-corrected chi connectivity index (χ3v) is 5.80. The van der Waals surface area contributed by atoms with Gasteiger partial charge in [0.05, 0.1) is 0 Å². The molecule has 3 heterocycles. The Morgan fingerprint density at radius 2 is 1.85 bits per heavy atom. The third-order valence-electron chi connectivity index (χ3n) is 5.80. The van der Waals surface area contributed by atoms with E-state index in [4.69, 9.17) is 9.47 Å². The van der Waals surface area contributed by atoms with Crippen LogP contribution in [0.1, 0.15) is 11.1 Å². The molecule has 3 aromatic carbocycles. The van der Waals surface area contributed by atoms with Gasteiger partial charge in [-0.05, 0) is 30.3 Å². The molecule has 0 fully saturated rings. The monoisotopic (exact) mass is 437 g/mol. The number of aromatic nitrogens is 1. The standard InChI is InChI=1S/C26H19N3O4/c30-25(27-17-9-10-23-24(12-17)33-15-32-23)14-29-13-16(18-5-2-4-8-22(18)29)11-20-19-6-1-3-7-21(19)28-26(20)31/h1-13H,14-15H2,(H,27,30)(H,28,31)/b20-11-. The van der Waals surface area contributed by atoms with Crippen LogP contribution in [0, 0.1) is 0 Å². The number of carbonyl (C=O) groups excluding carboxylic acids is 2. The summed E-state index contributed by atoms with van der Waals surface area (Å²) >= 11 is 0. The van der Waals surface area contributed by atoms with Gasteiger partial charge in [0.1, 0.15) is 6.54 Å². The summed E-state index contributed by atoms with van der Waals surface area (Å²) in [4.78, 5) is 25.4. The first-order chi connectivity index (χ1) is 16.2. The number of hydrogen-bond donors (Lipinski definition) is 2. The van der Waals surface area contributed by atoms with E-state index in [1.807, 2.05) is 65.4 Å². The maximum atomic E-state index is 12.8. The molecule has 0 bridgehead atoms. The Morgan fingerprint density at radius 1 is 1.03 bits per heavy atom. The molecule has 1 aromatic heterocycles. The molecule has 0 atom stereocenters. The van der Waals surface area contributed by atoms with E-state index in [1.165, 1.54) is 0 Å². The molecule has 2 amide bonds. The molecule has 0 saturated heterocycles. The number of amides is 2. The highest BCUT2D eigenvalue weighted by Gasteiger charge is 2.24. The van der Waals surface area contributed by atoms with E-state index < -0.39 is 0 Å². The van der Waals surface area contributed by atoms with Gasteiger partial charge in [0.15, 0.2) is 11.5 Å². The number of rotatable bonds is 4. The van der Waals surface area contributed by atoms with E-state index in [-0.39, 0.29) is 25.2 Å². The van der Waals surface area contributed by atoms with Crippen LogP contribution in [-0.2, 0) is 16.1 Å². The van der Waals surface area contributed by atoms with Gasteiger partial charge in [-0.2, -0.15) is 0 Å². The molecule has 0 radical (unpaired) electrons. The lowest BCUT2D eigenvalue weighted by molar-refractivity contribution is -0.116. The second-order valence-electron chi connectivity index (χ2n) is 7.90. The van der Waals surface area contributed by atoms with Crippen molar-refractivity contribution in [2.45, 2.75) is 6.54 Å². The minimum atomic E-state index is -0.169. The number of nitrogens with one attached hydrogen (secondary N) is 2. The molecule has 7 nitrogen and oxygen atoms in total. The summed E-state index contributed by atoms with van der Waals surface area (Å²) in [6, 6.07) is 20.8. The summed E-state index contributed by atoms with van der Waals surface area (Å²) in [7, 11) is 0. The predicted octanol–water partition coefficient (Wildman–Crippen LogP) is 4.50. The molecule has 33 heavy (non-hydrogen) atoms. The van der Waals surface area contributed by atoms with Crippen LogP contribution in [-0.4, -0.2) is 23.2 Å². The van der Waals surface area contributed by atoms with Crippen molar-refractivity contribution in [1.29, 1.82) is 0 Å². The van der Waals surface area contributed by atoms with E-state index in [9.17, 15) is 9.59 Å². The van der Waals surface area contributed by atoms with Gasteiger partial charge in [-0.25, -0.2) is 0 Å². The van der Waals surface area contributed by atoms with Crippen LogP contribution in [0.25, 0.3) is 22.6 Å². The minimum absolute atomic E-state index is 0.126. The van der Waals surface area contributed by atoms with Crippen molar-refractivity contribution in [3.63, 3.8) is 0 Å². The van der Waals surface area contributed by atoms with Gasteiger partial charge in [0, 0.05) is 51.2 Å². The van der Waals surface area contributed by atoms with E-state index in [2.05, 4.69) is 10.6 Å². The number of para-hydroxylation sites is 2. The molecule has 7 heteroatoms. The number of hydrogen-bond acceptors (Lipinski definition) is 4. The number of benzene rings is 3. The fourth-order valence-corrected chi connectivity index (χ4v) is 4.29. The lowest BCUT2D eigenvalue weighted by Gasteiger charge is -2.08. The quantitative estimate of drug-likeness (QED) is 0.461. The summed E-state index contributed by atoms with van der Waals surface area (Å²) in [5.74, 6) is 0.981. The molecule has 0 aliphatic carbocycles. The Bertz CT molecular complexity index is 1470. The SMILES string of the molecule is O=C(Cn1cc(/C=C2\C(=O)Nc3ccccc32)c2ccccc21)Nc1ccc2c(c1)OCO2. The lowest BCUT2D eigenvalue weighted by atomic mass is 10.0. The fourth-order valence-electron chi connectivity index (χ4n) is 4.29. The number of ether oxygens (including phenoxy) is 2. The van der Waals surface area contributed by atoms with Gasteiger partial charge in [0.25, 0.3) is 5.91 Å². The average molecular weight is 437 g/mol. The number of carbonyl (C=O) groups is 2. The van der Waals surface area contributed by atoms with Crippen LogP contribution in [0.15, 0.2) is 72.9 Å². The Balaban J connectivity index is 1.31. The smallest absolute Gasteiger partial charge is 0.256 e. The van der Waals surface area contributed by atoms with Gasteiger partial charge >= 0.3 is 0 Å². The molecule has 2 aliphatic heterocycles. The summed E-state index contributed by atoms with van der Waals surface area (Å²) in [6.45, 7) is 0.309. The molecule has 162 valence electrons. The first-order valence-electron chi connectivity index (χ1n) is 10.6. The highest BCUT2D eigenvalue weighted by Crippen LogP contribution is 2.35. The predicted molar refractivity (Wildman–Crippen MR) is 126 cm³/mol. The second kappa shape index (κ2) is 7.56. The van der Waals surface area contributed by atoms with Crippen LogP contribution < -0.4 is 20.1 Å². The molecular formula is C26H19N3O4. The van der Waals surface area contributed by atoms with Gasteiger partial charge in [0.2, 0.25) is 12.7 Å². The van der Waals surface area contributed by atoms with Crippen LogP contribution in [0.4, 0.5) is 11.4 Å². The number of anilines is 2. The Hall–Kier alpha value is -4.52. The van der Waals surface area contributed by atoms with Crippen molar-refractivity contribution in [2.75, 3.05) is 17.4 Å². The van der Waals surface area contributed by atoms with Crippen molar-refractivity contribution < 1.29 is 19.1 Å². The topological polar surface area (TPSA) is 81.6 Å². The first kappa shape index (κ1) is 19.2. The van der Waals surface area contributed by atoms with Crippen molar-refractivity contribution in [1.82, 2.24) is 4.57 Å². The Labute approximate surface area is 189 Å². The van der Waals surface area contributed by atoms with E-state index >= 15 is 0 Å². The van der Waals surface area contributed by atoms with E-state index in [1.54, 1.807) is 18.2 Å². The first-order valence-corrected chi connectivity index (χ1v) is 10.6. The Morgan fingerprint density at radius 3 is 2.79 bits per heavy atom. The van der Waals surface area contributed by atoms with Crippen LogP contribution in [0.5, 0.6) is 11.5 Å². The van der Waals surface area contributed by atoms with Crippen LogP contribution in [0.2, 0.25) is 0 Å². The molecule has 0 spiro atoms. The van der Waals surface area contributed by atoms with Gasteiger partial charge in [-0.15, -0.1) is 0 Å². The zero-order valence-electron chi connectivity index (χ0n) is 17.5. The highest BCUT2D eigenvalue weighted by molar-refractivity contribution is 6.35. The number of nitrogens with zero attached hydrogens (tertiary/aromatic N) is 1. The zero-order chi connectivity index (χ0) is 22.4.